The number of carbonyl (C=O) groups is 1. The molecule has 2 amide bonds. The molecule has 3 aromatic rings. The molecule has 1 saturated heterocycles. The maximum Gasteiger partial charge on any atom is 0.418 e. The minimum absolute atomic E-state index is 0.0345. The maximum atomic E-state index is 13.3. The van der Waals surface area contributed by atoms with Gasteiger partial charge in [0, 0.05) is 37.7 Å². The van der Waals surface area contributed by atoms with Gasteiger partial charge in [-0.3, -0.25) is 4.90 Å². The minimum atomic E-state index is -4.54. The van der Waals surface area contributed by atoms with E-state index in [9.17, 15) is 18.0 Å². The van der Waals surface area contributed by atoms with Gasteiger partial charge in [-0.05, 0) is 43.3 Å². The standard InChI is InChI=1S/C22H24F3N5O3/c23-22(24,25)17-14-28-20-19(17)18(6-8-26-20)33-16-4-2-15(3-5-16)29-21(31)27-7-1-9-30-10-12-32-13-11-30/h2-6,8,14H,1,7,9-13H2,(H,26,28)(H2,27,29,31). The number of hydrogen-bond donors (Lipinski definition) is 3. The predicted octanol–water partition coefficient (Wildman–Crippen LogP) is 4.22. The van der Waals surface area contributed by atoms with E-state index in [2.05, 4.69) is 25.5 Å². The van der Waals surface area contributed by atoms with E-state index in [1.54, 1.807) is 24.3 Å². The summed E-state index contributed by atoms with van der Waals surface area (Å²) in [7, 11) is 0. The number of nitrogens with one attached hydrogen (secondary N) is 3. The van der Waals surface area contributed by atoms with Crippen molar-refractivity contribution in [3.63, 3.8) is 0 Å². The van der Waals surface area contributed by atoms with Crippen LogP contribution in [0.1, 0.15) is 12.0 Å². The molecular weight excluding hydrogens is 439 g/mol. The third-order valence-electron chi connectivity index (χ3n) is 5.22. The molecule has 4 rings (SSSR count). The van der Waals surface area contributed by atoms with Crippen molar-refractivity contribution < 1.29 is 27.4 Å². The van der Waals surface area contributed by atoms with Crippen LogP contribution in [0.15, 0.2) is 42.7 Å². The highest BCUT2D eigenvalue weighted by molar-refractivity contribution is 5.89. The summed E-state index contributed by atoms with van der Waals surface area (Å²) in [6.45, 7) is 4.75. The number of carbonyl (C=O) groups excluding carboxylic acids is 1. The highest BCUT2D eigenvalue weighted by Gasteiger charge is 2.35. The van der Waals surface area contributed by atoms with Crippen LogP contribution >= 0.6 is 0 Å². The number of morpholine rings is 1. The Bertz CT molecular complexity index is 1080. The number of benzene rings is 1. The first-order chi connectivity index (χ1) is 15.9. The van der Waals surface area contributed by atoms with Gasteiger partial charge in [-0.25, -0.2) is 9.78 Å². The van der Waals surface area contributed by atoms with Crippen LogP contribution in [-0.4, -0.2) is 60.3 Å². The second kappa shape index (κ2) is 10.1. The van der Waals surface area contributed by atoms with Crippen molar-refractivity contribution in [1.82, 2.24) is 20.2 Å². The highest BCUT2D eigenvalue weighted by atomic mass is 19.4. The molecule has 0 aliphatic carbocycles. The molecule has 1 aliphatic rings. The van der Waals surface area contributed by atoms with Crippen LogP contribution in [-0.2, 0) is 10.9 Å². The molecule has 0 bridgehead atoms. The van der Waals surface area contributed by atoms with Gasteiger partial charge in [0.15, 0.2) is 0 Å². The largest absolute Gasteiger partial charge is 0.457 e. The number of aromatic amines is 1. The van der Waals surface area contributed by atoms with E-state index in [1.807, 2.05) is 0 Å². The summed E-state index contributed by atoms with van der Waals surface area (Å²) in [5.74, 6) is 0.362. The molecule has 1 fully saturated rings. The number of anilines is 1. The van der Waals surface area contributed by atoms with E-state index in [1.165, 1.54) is 12.3 Å². The molecule has 8 nitrogen and oxygen atoms in total. The van der Waals surface area contributed by atoms with Gasteiger partial charge in [0.2, 0.25) is 0 Å². The third kappa shape index (κ3) is 5.93. The van der Waals surface area contributed by atoms with Gasteiger partial charge in [-0.15, -0.1) is 0 Å². The molecule has 3 heterocycles. The van der Waals surface area contributed by atoms with Crippen LogP contribution < -0.4 is 15.4 Å². The first-order valence-corrected chi connectivity index (χ1v) is 10.6. The Morgan fingerprint density at radius 1 is 1.18 bits per heavy atom. The second-order valence-electron chi connectivity index (χ2n) is 7.55. The molecule has 33 heavy (non-hydrogen) atoms. The number of aromatic nitrogens is 2. The van der Waals surface area contributed by atoms with Crippen molar-refractivity contribution in [1.29, 1.82) is 0 Å². The summed E-state index contributed by atoms with van der Waals surface area (Å²) in [5.41, 5.74) is -0.224. The molecule has 11 heteroatoms. The zero-order valence-corrected chi connectivity index (χ0v) is 17.7. The zero-order chi connectivity index (χ0) is 23.3. The van der Waals surface area contributed by atoms with E-state index in [4.69, 9.17) is 9.47 Å². The van der Waals surface area contributed by atoms with Crippen LogP contribution in [0.5, 0.6) is 11.5 Å². The van der Waals surface area contributed by atoms with Crippen LogP contribution in [0.2, 0.25) is 0 Å². The highest BCUT2D eigenvalue weighted by Crippen LogP contribution is 2.39. The van der Waals surface area contributed by atoms with Crippen LogP contribution in [0.4, 0.5) is 23.7 Å². The van der Waals surface area contributed by atoms with Crippen molar-refractivity contribution in [2.75, 3.05) is 44.7 Å². The lowest BCUT2D eigenvalue weighted by Crippen LogP contribution is -2.38. The number of H-pyrrole nitrogens is 1. The molecule has 3 N–H and O–H groups in total. The van der Waals surface area contributed by atoms with Gasteiger partial charge in [0.05, 0.1) is 24.2 Å². The van der Waals surface area contributed by atoms with Gasteiger partial charge in [-0.2, -0.15) is 13.2 Å². The normalized spacial score (nSPS) is 14.9. The Hall–Kier alpha value is -3.31. The SMILES string of the molecule is O=C(NCCCN1CCOCC1)Nc1ccc(Oc2ccnc3[nH]cc(C(F)(F)F)c23)cc1. The number of pyridine rings is 1. The summed E-state index contributed by atoms with van der Waals surface area (Å²) >= 11 is 0. The molecule has 1 aliphatic heterocycles. The summed E-state index contributed by atoms with van der Waals surface area (Å²) in [4.78, 5) is 20.8. The fraction of sp³-hybridized carbons (Fsp3) is 0.364. The fourth-order valence-corrected chi connectivity index (χ4v) is 3.57. The van der Waals surface area contributed by atoms with Crippen LogP contribution in [0.3, 0.4) is 0 Å². The van der Waals surface area contributed by atoms with Crippen molar-refractivity contribution in [3.8, 4) is 11.5 Å². The number of urea groups is 1. The van der Waals surface area contributed by atoms with E-state index in [0.717, 1.165) is 45.5 Å². The third-order valence-corrected chi connectivity index (χ3v) is 5.22. The average Bonchev–Trinajstić information content (AvgIpc) is 3.25. The zero-order valence-electron chi connectivity index (χ0n) is 17.7. The number of hydrogen-bond acceptors (Lipinski definition) is 5. The smallest absolute Gasteiger partial charge is 0.418 e. The Labute approximate surface area is 188 Å². The Kier molecular flexibility index (Phi) is 6.99. The van der Waals surface area contributed by atoms with Crippen molar-refractivity contribution in [3.05, 3.63) is 48.3 Å². The molecule has 2 aromatic heterocycles. The van der Waals surface area contributed by atoms with E-state index < -0.39 is 11.7 Å². The monoisotopic (exact) mass is 463 g/mol. The number of nitrogens with zero attached hydrogens (tertiary/aromatic N) is 2. The summed E-state index contributed by atoms with van der Waals surface area (Å²) in [5, 5.41) is 5.39. The van der Waals surface area contributed by atoms with E-state index in [-0.39, 0.29) is 22.8 Å². The van der Waals surface area contributed by atoms with Gasteiger partial charge in [0.25, 0.3) is 0 Å². The fourth-order valence-electron chi connectivity index (χ4n) is 3.57. The molecule has 0 unspecified atom stereocenters. The number of fused-ring (bicyclic) bond motifs is 1. The molecule has 176 valence electrons. The van der Waals surface area contributed by atoms with Gasteiger partial charge >= 0.3 is 12.2 Å². The van der Waals surface area contributed by atoms with Gasteiger partial charge in [-0.1, -0.05) is 0 Å². The maximum absolute atomic E-state index is 13.3. The number of ether oxygens (including phenoxy) is 2. The minimum Gasteiger partial charge on any atom is -0.457 e. The Morgan fingerprint density at radius 3 is 2.67 bits per heavy atom. The van der Waals surface area contributed by atoms with Gasteiger partial charge < -0.3 is 25.1 Å². The van der Waals surface area contributed by atoms with E-state index in [0.29, 0.717) is 18.0 Å². The number of rotatable bonds is 7. The molecule has 0 radical (unpaired) electrons. The quantitative estimate of drug-likeness (QED) is 0.457. The summed E-state index contributed by atoms with van der Waals surface area (Å²) in [6, 6.07) is 7.41. The lowest BCUT2D eigenvalue weighted by atomic mass is 10.2. The van der Waals surface area contributed by atoms with Crippen LogP contribution in [0, 0.1) is 0 Å². The molecule has 0 saturated carbocycles. The summed E-state index contributed by atoms with van der Waals surface area (Å²) in [6.07, 6.45) is -1.47. The molecule has 1 aromatic carbocycles. The molecule has 0 atom stereocenters. The first-order valence-electron chi connectivity index (χ1n) is 10.6. The Balaban J connectivity index is 1.30. The molecule has 0 spiro atoms. The topological polar surface area (TPSA) is 91.5 Å². The Morgan fingerprint density at radius 2 is 1.94 bits per heavy atom. The summed E-state index contributed by atoms with van der Waals surface area (Å²) < 4.78 is 50.9. The van der Waals surface area contributed by atoms with Crippen molar-refractivity contribution in [2.24, 2.45) is 0 Å². The average molecular weight is 463 g/mol. The van der Waals surface area contributed by atoms with E-state index >= 15 is 0 Å². The molecular formula is C22H24F3N5O3. The number of amides is 2. The van der Waals surface area contributed by atoms with Crippen molar-refractivity contribution in [2.45, 2.75) is 12.6 Å². The number of alkyl halides is 3. The predicted molar refractivity (Wildman–Crippen MR) is 117 cm³/mol. The second-order valence-corrected chi connectivity index (χ2v) is 7.55. The first kappa shape index (κ1) is 22.9. The lowest BCUT2D eigenvalue weighted by Gasteiger charge is -2.26. The lowest BCUT2D eigenvalue weighted by molar-refractivity contribution is -0.136. The van der Waals surface area contributed by atoms with Crippen LogP contribution in [0.25, 0.3) is 11.0 Å². The van der Waals surface area contributed by atoms with Gasteiger partial charge in [0.1, 0.15) is 17.1 Å². The number of halogens is 3. The van der Waals surface area contributed by atoms with Crippen molar-refractivity contribution >= 4 is 22.8 Å².